The molecule has 1 saturated heterocycles. The Hall–Kier alpha value is -0.160. The molecule has 0 aliphatic carbocycles. The largest absolute Gasteiger partial charge is 0.383 e. The van der Waals surface area contributed by atoms with Crippen LogP contribution in [0.4, 0.5) is 0 Å². The minimum atomic E-state index is 0.610. The predicted octanol–water partition coefficient (Wildman–Crippen LogP) is 0.493. The number of rotatable bonds is 7. The highest BCUT2D eigenvalue weighted by molar-refractivity contribution is 4.89. The van der Waals surface area contributed by atoms with E-state index in [0.29, 0.717) is 12.1 Å². The van der Waals surface area contributed by atoms with Crippen LogP contribution < -0.4 is 5.32 Å². The number of ether oxygens (including phenoxy) is 1. The van der Waals surface area contributed by atoms with Crippen LogP contribution in [0.3, 0.4) is 0 Å². The molecule has 0 radical (unpaired) electrons. The first-order valence-corrected chi connectivity index (χ1v) is 6.66. The average Bonchev–Trinajstić information content (AvgIpc) is 2.66. The van der Waals surface area contributed by atoms with Gasteiger partial charge in [-0.05, 0) is 26.9 Å². The van der Waals surface area contributed by atoms with Crippen LogP contribution in [0.5, 0.6) is 0 Å². The maximum atomic E-state index is 5.03. The van der Waals surface area contributed by atoms with E-state index < -0.39 is 0 Å². The fraction of sp³-hybridized carbons (Fsp3) is 1.00. The van der Waals surface area contributed by atoms with Crippen molar-refractivity contribution < 1.29 is 4.74 Å². The SMILES string of the molecule is COCCNCC(C)N1CC(C)C(N(C)C)C1. The van der Waals surface area contributed by atoms with Crippen molar-refractivity contribution in [2.24, 2.45) is 5.92 Å². The van der Waals surface area contributed by atoms with Crippen LogP contribution in [-0.2, 0) is 4.74 Å². The Balaban J connectivity index is 2.26. The van der Waals surface area contributed by atoms with E-state index in [1.54, 1.807) is 7.11 Å². The van der Waals surface area contributed by atoms with Gasteiger partial charge in [-0.15, -0.1) is 0 Å². The van der Waals surface area contributed by atoms with Gasteiger partial charge in [0, 0.05) is 45.4 Å². The quantitative estimate of drug-likeness (QED) is 0.659. The zero-order valence-corrected chi connectivity index (χ0v) is 12.1. The van der Waals surface area contributed by atoms with Gasteiger partial charge < -0.3 is 15.0 Å². The molecule has 1 N–H and O–H groups in total. The van der Waals surface area contributed by atoms with Gasteiger partial charge in [0.05, 0.1) is 6.61 Å². The summed E-state index contributed by atoms with van der Waals surface area (Å²) < 4.78 is 5.03. The maximum absolute atomic E-state index is 5.03. The third-order valence-electron chi connectivity index (χ3n) is 3.81. The molecule has 0 aromatic rings. The van der Waals surface area contributed by atoms with Crippen LogP contribution in [0.15, 0.2) is 0 Å². The minimum absolute atomic E-state index is 0.610. The number of nitrogens with one attached hydrogen (secondary N) is 1. The maximum Gasteiger partial charge on any atom is 0.0587 e. The molecule has 0 spiro atoms. The van der Waals surface area contributed by atoms with E-state index in [4.69, 9.17) is 4.74 Å². The molecular weight excluding hydrogens is 214 g/mol. The zero-order chi connectivity index (χ0) is 12.8. The van der Waals surface area contributed by atoms with Gasteiger partial charge in [-0.25, -0.2) is 0 Å². The lowest BCUT2D eigenvalue weighted by molar-refractivity contribution is 0.189. The molecule has 0 aromatic heterocycles. The molecule has 0 aromatic carbocycles. The van der Waals surface area contributed by atoms with E-state index in [9.17, 15) is 0 Å². The molecule has 1 aliphatic rings. The van der Waals surface area contributed by atoms with E-state index in [2.05, 4.69) is 43.1 Å². The molecule has 4 nitrogen and oxygen atoms in total. The predicted molar refractivity (Wildman–Crippen MR) is 72.4 cm³/mol. The van der Waals surface area contributed by atoms with Crippen molar-refractivity contribution in [3.63, 3.8) is 0 Å². The molecule has 17 heavy (non-hydrogen) atoms. The number of hydrogen-bond acceptors (Lipinski definition) is 4. The smallest absolute Gasteiger partial charge is 0.0587 e. The van der Waals surface area contributed by atoms with Crippen molar-refractivity contribution in [3.05, 3.63) is 0 Å². The molecule has 3 unspecified atom stereocenters. The normalized spacial score (nSPS) is 27.9. The van der Waals surface area contributed by atoms with Crippen molar-refractivity contribution in [3.8, 4) is 0 Å². The Morgan fingerprint density at radius 1 is 1.41 bits per heavy atom. The Labute approximate surface area is 106 Å². The number of methoxy groups -OCH3 is 1. The second-order valence-corrected chi connectivity index (χ2v) is 5.51. The molecular formula is C13H29N3O. The van der Waals surface area contributed by atoms with Gasteiger partial charge in [-0.3, -0.25) is 4.90 Å². The van der Waals surface area contributed by atoms with Crippen LogP contribution in [0.2, 0.25) is 0 Å². The number of likely N-dealkylation sites (tertiary alicyclic amines) is 1. The van der Waals surface area contributed by atoms with E-state index >= 15 is 0 Å². The summed E-state index contributed by atoms with van der Waals surface area (Å²) in [5.74, 6) is 0.770. The topological polar surface area (TPSA) is 27.7 Å². The lowest BCUT2D eigenvalue weighted by atomic mass is 10.1. The first-order chi connectivity index (χ1) is 8.06. The highest BCUT2D eigenvalue weighted by atomic mass is 16.5. The second kappa shape index (κ2) is 7.31. The van der Waals surface area contributed by atoms with E-state index in [1.807, 2.05) is 0 Å². The Morgan fingerprint density at radius 3 is 2.65 bits per heavy atom. The molecule has 3 atom stereocenters. The number of hydrogen-bond donors (Lipinski definition) is 1. The van der Waals surface area contributed by atoms with Gasteiger partial charge >= 0.3 is 0 Å². The molecule has 1 rings (SSSR count). The zero-order valence-electron chi connectivity index (χ0n) is 12.1. The van der Waals surface area contributed by atoms with Crippen LogP contribution >= 0.6 is 0 Å². The summed E-state index contributed by atoms with van der Waals surface area (Å²) in [6.07, 6.45) is 0. The third kappa shape index (κ3) is 4.54. The summed E-state index contributed by atoms with van der Waals surface area (Å²) in [5, 5.41) is 3.44. The van der Waals surface area contributed by atoms with Crippen molar-refractivity contribution in [2.75, 3.05) is 54.0 Å². The first kappa shape index (κ1) is 14.9. The summed E-state index contributed by atoms with van der Waals surface area (Å²) >= 11 is 0. The molecule has 0 amide bonds. The van der Waals surface area contributed by atoms with Crippen molar-refractivity contribution >= 4 is 0 Å². The summed E-state index contributed by atoms with van der Waals surface area (Å²) in [4.78, 5) is 4.95. The van der Waals surface area contributed by atoms with Crippen molar-refractivity contribution in [1.82, 2.24) is 15.1 Å². The van der Waals surface area contributed by atoms with Gasteiger partial charge in [0.25, 0.3) is 0 Å². The lowest BCUT2D eigenvalue weighted by Crippen LogP contribution is -2.41. The fourth-order valence-electron chi connectivity index (χ4n) is 2.63. The third-order valence-corrected chi connectivity index (χ3v) is 3.81. The minimum Gasteiger partial charge on any atom is -0.383 e. The van der Waals surface area contributed by atoms with Gasteiger partial charge in [0.2, 0.25) is 0 Å². The van der Waals surface area contributed by atoms with E-state index in [-0.39, 0.29) is 0 Å². The highest BCUT2D eigenvalue weighted by Crippen LogP contribution is 2.21. The summed E-state index contributed by atoms with van der Waals surface area (Å²) in [7, 11) is 6.12. The van der Waals surface area contributed by atoms with Gasteiger partial charge in [0.15, 0.2) is 0 Å². The first-order valence-electron chi connectivity index (χ1n) is 6.66. The summed E-state index contributed by atoms with van der Waals surface area (Å²) in [6, 6.07) is 1.32. The molecule has 0 saturated carbocycles. The summed E-state index contributed by atoms with van der Waals surface area (Å²) in [6.45, 7) is 9.87. The van der Waals surface area contributed by atoms with Crippen LogP contribution in [0.25, 0.3) is 0 Å². The monoisotopic (exact) mass is 243 g/mol. The van der Waals surface area contributed by atoms with Crippen molar-refractivity contribution in [1.29, 1.82) is 0 Å². The van der Waals surface area contributed by atoms with E-state index in [0.717, 1.165) is 25.6 Å². The van der Waals surface area contributed by atoms with Gasteiger partial charge in [-0.1, -0.05) is 6.92 Å². The standard InChI is InChI=1S/C13H29N3O/c1-11-9-16(10-13(11)15(3)4)12(2)8-14-6-7-17-5/h11-14H,6-10H2,1-5H3. The molecule has 0 bridgehead atoms. The number of likely N-dealkylation sites (N-methyl/N-ethyl adjacent to an activating group) is 1. The Morgan fingerprint density at radius 2 is 2.12 bits per heavy atom. The molecule has 4 heteroatoms. The lowest BCUT2D eigenvalue weighted by Gasteiger charge is -2.26. The fourth-order valence-corrected chi connectivity index (χ4v) is 2.63. The van der Waals surface area contributed by atoms with Crippen molar-refractivity contribution in [2.45, 2.75) is 25.9 Å². The second-order valence-electron chi connectivity index (χ2n) is 5.51. The molecule has 1 aliphatic heterocycles. The molecule has 1 fully saturated rings. The van der Waals surface area contributed by atoms with Crippen LogP contribution in [0, 0.1) is 5.92 Å². The average molecular weight is 243 g/mol. The van der Waals surface area contributed by atoms with E-state index in [1.165, 1.54) is 13.1 Å². The Kier molecular flexibility index (Phi) is 6.41. The molecule has 1 heterocycles. The number of nitrogens with zero attached hydrogens (tertiary/aromatic N) is 2. The highest BCUT2D eigenvalue weighted by Gasteiger charge is 2.32. The van der Waals surface area contributed by atoms with Gasteiger partial charge in [-0.2, -0.15) is 0 Å². The molecule has 102 valence electrons. The summed E-state index contributed by atoms with van der Waals surface area (Å²) in [5.41, 5.74) is 0. The Bertz CT molecular complexity index is 211. The van der Waals surface area contributed by atoms with Crippen LogP contribution in [-0.4, -0.2) is 75.9 Å². The van der Waals surface area contributed by atoms with Gasteiger partial charge in [0.1, 0.15) is 0 Å². The van der Waals surface area contributed by atoms with Crippen LogP contribution in [0.1, 0.15) is 13.8 Å².